The lowest BCUT2D eigenvalue weighted by Crippen LogP contribution is -2.15. The molecule has 0 aromatic carbocycles. The molecule has 0 unspecified atom stereocenters. The highest BCUT2D eigenvalue weighted by atomic mass is 16.6. The van der Waals surface area contributed by atoms with Gasteiger partial charge < -0.3 is 10.6 Å². The van der Waals surface area contributed by atoms with Crippen molar-refractivity contribution in [1.29, 1.82) is 0 Å². The van der Waals surface area contributed by atoms with Gasteiger partial charge in [0.05, 0.1) is 6.21 Å². The maximum Gasteiger partial charge on any atom is 0.106 e. The number of pyridine rings is 1. The van der Waals surface area contributed by atoms with E-state index in [1.54, 1.807) is 18.6 Å². The van der Waals surface area contributed by atoms with Gasteiger partial charge in [0.2, 0.25) is 0 Å². The number of oxime groups is 1. The minimum Gasteiger partial charge on any atom is -0.399 e. The van der Waals surface area contributed by atoms with E-state index in [0.717, 1.165) is 11.1 Å². The third-order valence-corrected chi connectivity index (χ3v) is 2.12. The molecule has 4 heteroatoms. The second-order valence-corrected chi connectivity index (χ2v) is 4.36. The number of nitrogens with two attached hydrogens (primary N) is 1. The number of hydrogen-bond donors (Lipinski definition) is 1. The van der Waals surface area contributed by atoms with Crippen LogP contribution in [0.1, 0.15) is 31.9 Å². The predicted molar refractivity (Wildman–Crippen MR) is 62.0 cm³/mol. The van der Waals surface area contributed by atoms with Gasteiger partial charge in [-0.25, -0.2) is 0 Å². The Morgan fingerprint density at radius 1 is 1.40 bits per heavy atom. The molecule has 0 aliphatic heterocycles. The summed E-state index contributed by atoms with van der Waals surface area (Å²) >= 11 is 0. The van der Waals surface area contributed by atoms with Crippen LogP contribution in [0.2, 0.25) is 0 Å². The van der Waals surface area contributed by atoms with Crippen LogP contribution >= 0.6 is 0 Å². The Labute approximate surface area is 90.1 Å². The fourth-order valence-corrected chi connectivity index (χ4v) is 1.30. The van der Waals surface area contributed by atoms with E-state index in [0.29, 0.717) is 5.69 Å². The van der Waals surface area contributed by atoms with Gasteiger partial charge in [0.25, 0.3) is 0 Å². The van der Waals surface area contributed by atoms with Gasteiger partial charge in [0, 0.05) is 23.6 Å². The number of aromatic nitrogens is 1. The van der Waals surface area contributed by atoms with Crippen LogP contribution in [0.4, 0.5) is 5.69 Å². The van der Waals surface area contributed by atoms with Crippen LogP contribution in [0.25, 0.3) is 0 Å². The van der Waals surface area contributed by atoms with Crippen LogP contribution in [-0.2, 0) is 10.3 Å². The van der Waals surface area contributed by atoms with E-state index >= 15 is 0 Å². The molecular formula is C11H17N3O. The smallest absolute Gasteiger partial charge is 0.106 e. The van der Waals surface area contributed by atoms with Crippen LogP contribution in [0.15, 0.2) is 17.5 Å². The molecule has 0 atom stereocenters. The van der Waals surface area contributed by atoms with Crippen LogP contribution in [-0.4, -0.2) is 18.3 Å². The van der Waals surface area contributed by atoms with Crippen LogP contribution in [0.3, 0.4) is 0 Å². The normalized spacial score (nSPS) is 12.0. The van der Waals surface area contributed by atoms with E-state index in [9.17, 15) is 0 Å². The Kier molecular flexibility index (Phi) is 3.29. The highest BCUT2D eigenvalue weighted by molar-refractivity contribution is 5.87. The maximum absolute atomic E-state index is 6.02. The zero-order valence-electron chi connectivity index (χ0n) is 9.61. The highest BCUT2D eigenvalue weighted by Crippen LogP contribution is 2.28. The van der Waals surface area contributed by atoms with E-state index < -0.39 is 0 Å². The van der Waals surface area contributed by atoms with Gasteiger partial charge in [-0.2, -0.15) is 0 Å². The van der Waals surface area contributed by atoms with Crippen LogP contribution in [0, 0.1) is 0 Å². The largest absolute Gasteiger partial charge is 0.399 e. The molecule has 0 saturated carbocycles. The van der Waals surface area contributed by atoms with Gasteiger partial charge in [0.1, 0.15) is 7.11 Å². The first-order valence-electron chi connectivity index (χ1n) is 4.77. The third-order valence-electron chi connectivity index (χ3n) is 2.12. The second-order valence-electron chi connectivity index (χ2n) is 4.36. The van der Waals surface area contributed by atoms with Gasteiger partial charge in [-0.05, 0) is 11.0 Å². The average Bonchev–Trinajstić information content (AvgIpc) is 2.14. The molecule has 1 aromatic rings. The molecule has 82 valence electrons. The van der Waals surface area contributed by atoms with E-state index in [4.69, 9.17) is 5.73 Å². The molecular weight excluding hydrogens is 190 g/mol. The third kappa shape index (κ3) is 2.68. The average molecular weight is 207 g/mol. The summed E-state index contributed by atoms with van der Waals surface area (Å²) in [4.78, 5) is 8.75. The van der Waals surface area contributed by atoms with Gasteiger partial charge >= 0.3 is 0 Å². The van der Waals surface area contributed by atoms with E-state index in [1.807, 2.05) is 0 Å². The van der Waals surface area contributed by atoms with E-state index in [-0.39, 0.29) is 5.41 Å². The molecule has 0 aliphatic rings. The monoisotopic (exact) mass is 207 g/mol. The minimum absolute atomic E-state index is 0.0198. The highest BCUT2D eigenvalue weighted by Gasteiger charge is 2.18. The number of nitrogens with zero attached hydrogens (tertiary/aromatic N) is 2. The Morgan fingerprint density at radius 2 is 2.07 bits per heavy atom. The summed E-state index contributed by atoms with van der Waals surface area (Å²) in [6, 6.07) is 0. The molecule has 0 spiro atoms. The summed E-state index contributed by atoms with van der Waals surface area (Å²) in [6.45, 7) is 6.28. The Balaban J connectivity index is 3.17. The molecule has 0 fully saturated rings. The standard InChI is InChI=1S/C11H17N3O/c1-11(2,3)9-7-13-5-8(10(9)12)6-14-15-4/h5-7H,1-4H3,(H2,12,13)/b14-6+. The number of rotatable bonds is 2. The van der Waals surface area contributed by atoms with E-state index in [2.05, 4.69) is 35.7 Å². The van der Waals surface area contributed by atoms with Crippen LogP contribution in [0.5, 0.6) is 0 Å². The van der Waals surface area contributed by atoms with Gasteiger partial charge in [0.15, 0.2) is 0 Å². The van der Waals surface area contributed by atoms with Gasteiger partial charge in [-0.1, -0.05) is 25.9 Å². The Morgan fingerprint density at radius 3 is 2.60 bits per heavy atom. The number of hydrogen-bond acceptors (Lipinski definition) is 4. The Hall–Kier alpha value is -1.58. The summed E-state index contributed by atoms with van der Waals surface area (Å²) in [5.41, 5.74) is 8.51. The number of nitrogen functional groups attached to an aromatic ring is 1. The molecule has 0 aliphatic carbocycles. The quantitative estimate of drug-likeness (QED) is 0.595. The molecule has 0 bridgehead atoms. The molecule has 1 aromatic heterocycles. The van der Waals surface area contributed by atoms with Crippen LogP contribution < -0.4 is 5.73 Å². The predicted octanol–water partition coefficient (Wildman–Crippen LogP) is 1.94. The lowest BCUT2D eigenvalue weighted by molar-refractivity contribution is 0.215. The number of anilines is 1. The summed E-state index contributed by atoms with van der Waals surface area (Å²) in [7, 11) is 1.49. The van der Waals surface area contributed by atoms with Crippen molar-refractivity contribution < 1.29 is 4.84 Å². The summed E-state index contributed by atoms with van der Waals surface area (Å²) < 4.78 is 0. The van der Waals surface area contributed by atoms with Crippen molar-refractivity contribution in [3.05, 3.63) is 23.5 Å². The van der Waals surface area contributed by atoms with Crippen molar-refractivity contribution in [3.8, 4) is 0 Å². The fraction of sp³-hybridized carbons (Fsp3) is 0.455. The molecule has 0 saturated heterocycles. The summed E-state index contributed by atoms with van der Waals surface area (Å²) in [6.07, 6.45) is 5.03. The fourth-order valence-electron chi connectivity index (χ4n) is 1.30. The Bertz CT molecular complexity index is 367. The molecule has 1 rings (SSSR count). The molecule has 2 N–H and O–H groups in total. The van der Waals surface area contributed by atoms with Crippen molar-refractivity contribution in [2.75, 3.05) is 12.8 Å². The zero-order chi connectivity index (χ0) is 11.5. The first kappa shape index (κ1) is 11.5. The van der Waals surface area contributed by atoms with Gasteiger partial charge in [-0.15, -0.1) is 0 Å². The van der Waals surface area contributed by atoms with Gasteiger partial charge in [-0.3, -0.25) is 4.98 Å². The SMILES string of the molecule is CO/N=C/c1cncc(C(C)(C)C)c1N. The first-order valence-corrected chi connectivity index (χ1v) is 4.77. The van der Waals surface area contributed by atoms with Crippen molar-refractivity contribution >= 4 is 11.9 Å². The minimum atomic E-state index is -0.0198. The molecule has 1 heterocycles. The zero-order valence-corrected chi connectivity index (χ0v) is 9.61. The second kappa shape index (κ2) is 4.29. The van der Waals surface area contributed by atoms with Crippen molar-refractivity contribution in [3.63, 3.8) is 0 Å². The van der Waals surface area contributed by atoms with E-state index in [1.165, 1.54) is 7.11 Å². The maximum atomic E-state index is 6.02. The van der Waals surface area contributed by atoms with Crippen molar-refractivity contribution in [2.45, 2.75) is 26.2 Å². The summed E-state index contributed by atoms with van der Waals surface area (Å²) in [5, 5.41) is 3.68. The lowest BCUT2D eigenvalue weighted by atomic mass is 9.86. The molecule has 4 nitrogen and oxygen atoms in total. The topological polar surface area (TPSA) is 60.5 Å². The molecule has 0 amide bonds. The van der Waals surface area contributed by atoms with Crippen molar-refractivity contribution in [2.24, 2.45) is 5.16 Å². The molecule has 15 heavy (non-hydrogen) atoms. The van der Waals surface area contributed by atoms with Crippen molar-refractivity contribution in [1.82, 2.24) is 4.98 Å². The lowest BCUT2D eigenvalue weighted by Gasteiger charge is -2.21. The summed E-state index contributed by atoms with van der Waals surface area (Å²) in [5.74, 6) is 0. The first-order chi connectivity index (χ1) is 6.96. The molecule has 0 radical (unpaired) electrons.